The van der Waals surface area contributed by atoms with Gasteiger partial charge in [-0.1, -0.05) is 13.3 Å². The van der Waals surface area contributed by atoms with Crippen LogP contribution in [-0.4, -0.2) is 22.0 Å². The number of hydrogen-bond donors (Lipinski definition) is 1. The SMILES string of the molecule is CCC1CC1Nc1cnn(CC(F)(F)F)c(=O)c1Br. The zero-order chi connectivity index (χ0) is 14.2. The largest absolute Gasteiger partial charge is 0.408 e. The molecule has 1 aliphatic carbocycles. The minimum Gasteiger partial charge on any atom is -0.380 e. The van der Waals surface area contributed by atoms with Crippen LogP contribution in [0.1, 0.15) is 19.8 Å². The Labute approximate surface area is 116 Å². The smallest absolute Gasteiger partial charge is 0.380 e. The predicted octanol–water partition coefficient (Wildman–Crippen LogP) is 2.78. The topological polar surface area (TPSA) is 46.9 Å². The van der Waals surface area contributed by atoms with Gasteiger partial charge in [0.25, 0.3) is 5.56 Å². The molecule has 8 heteroatoms. The summed E-state index contributed by atoms with van der Waals surface area (Å²) in [4.78, 5) is 11.7. The lowest BCUT2D eigenvalue weighted by atomic mass is 10.3. The number of aromatic nitrogens is 2. The number of nitrogens with zero attached hydrogens (tertiary/aromatic N) is 2. The fraction of sp³-hybridized carbons (Fsp3) is 0.636. The van der Waals surface area contributed by atoms with E-state index in [1.54, 1.807) is 0 Å². The molecule has 1 N–H and O–H groups in total. The monoisotopic (exact) mass is 339 g/mol. The minimum absolute atomic E-state index is 0.0912. The molecule has 1 fully saturated rings. The van der Waals surface area contributed by atoms with Crippen molar-refractivity contribution in [2.45, 2.75) is 38.5 Å². The number of alkyl halides is 3. The maximum Gasteiger partial charge on any atom is 0.408 e. The number of nitrogens with one attached hydrogen (secondary N) is 1. The summed E-state index contributed by atoms with van der Waals surface area (Å²) in [5.74, 6) is 0.560. The van der Waals surface area contributed by atoms with E-state index >= 15 is 0 Å². The van der Waals surface area contributed by atoms with Crippen LogP contribution in [0.2, 0.25) is 0 Å². The Kier molecular flexibility index (Phi) is 3.89. The van der Waals surface area contributed by atoms with Gasteiger partial charge in [-0.05, 0) is 28.3 Å². The highest BCUT2D eigenvalue weighted by atomic mass is 79.9. The first-order valence-electron chi connectivity index (χ1n) is 5.90. The van der Waals surface area contributed by atoms with Crippen molar-refractivity contribution in [3.63, 3.8) is 0 Å². The van der Waals surface area contributed by atoms with E-state index in [1.807, 2.05) is 0 Å². The van der Waals surface area contributed by atoms with E-state index in [9.17, 15) is 18.0 Å². The van der Waals surface area contributed by atoms with Gasteiger partial charge >= 0.3 is 6.18 Å². The lowest BCUT2D eigenvalue weighted by Crippen LogP contribution is -2.31. The standard InChI is InChI=1S/C11H13BrF3N3O/c1-2-6-3-7(6)17-8-4-16-18(5-11(13,14)15)10(19)9(8)12/h4,6-7,17H,2-3,5H2,1H3. The molecular formula is C11H13BrF3N3O. The fourth-order valence-corrected chi connectivity index (χ4v) is 2.34. The third-order valence-corrected chi connectivity index (χ3v) is 3.87. The van der Waals surface area contributed by atoms with Crippen LogP contribution in [0.4, 0.5) is 18.9 Å². The van der Waals surface area contributed by atoms with Crippen LogP contribution in [-0.2, 0) is 6.54 Å². The second-order valence-corrected chi connectivity index (χ2v) is 5.40. The van der Waals surface area contributed by atoms with Crippen LogP contribution < -0.4 is 10.9 Å². The highest BCUT2D eigenvalue weighted by Gasteiger charge is 2.36. The predicted molar refractivity (Wildman–Crippen MR) is 68.1 cm³/mol. The first-order valence-corrected chi connectivity index (χ1v) is 6.70. The Bertz CT molecular complexity index is 529. The molecule has 0 aliphatic heterocycles. The fourth-order valence-electron chi connectivity index (χ4n) is 1.92. The zero-order valence-corrected chi connectivity index (χ0v) is 11.8. The summed E-state index contributed by atoms with van der Waals surface area (Å²) in [7, 11) is 0. The molecule has 2 rings (SSSR count). The van der Waals surface area contributed by atoms with Crippen LogP contribution in [0.15, 0.2) is 15.5 Å². The molecule has 0 bridgehead atoms. The van der Waals surface area contributed by atoms with E-state index in [0.29, 0.717) is 16.3 Å². The molecule has 2 atom stereocenters. The van der Waals surface area contributed by atoms with Crippen LogP contribution in [0, 0.1) is 5.92 Å². The highest BCUT2D eigenvalue weighted by molar-refractivity contribution is 9.10. The van der Waals surface area contributed by atoms with E-state index in [0.717, 1.165) is 12.8 Å². The molecule has 4 nitrogen and oxygen atoms in total. The average molecular weight is 340 g/mol. The molecule has 1 heterocycles. The molecule has 0 amide bonds. The quantitative estimate of drug-likeness (QED) is 0.917. The zero-order valence-electron chi connectivity index (χ0n) is 10.2. The molecule has 0 radical (unpaired) electrons. The number of rotatable bonds is 4. The molecule has 0 aromatic carbocycles. The second kappa shape index (κ2) is 5.15. The van der Waals surface area contributed by atoms with Gasteiger partial charge in [-0.3, -0.25) is 4.79 Å². The molecule has 1 saturated carbocycles. The summed E-state index contributed by atoms with van der Waals surface area (Å²) in [5.41, 5.74) is -0.333. The summed E-state index contributed by atoms with van der Waals surface area (Å²) in [6.45, 7) is 0.687. The lowest BCUT2D eigenvalue weighted by molar-refractivity contribution is -0.143. The van der Waals surface area contributed by atoms with Crippen molar-refractivity contribution in [1.82, 2.24) is 9.78 Å². The van der Waals surface area contributed by atoms with Crippen LogP contribution >= 0.6 is 15.9 Å². The minimum atomic E-state index is -4.46. The van der Waals surface area contributed by atoms with Crippen LogP contribution in [0.5, 0.6) is 0 Å². The van der Waals surface area contributed by atoms with Gasteiger partial charge in [-0.15, -0.1) is 0 Å². The third-order valence-electron chi connectivity index (χ3n) is 3.10. The summed E-state index contributed by atoms with van der Waals surface area (Å²) >= 11 is 3.03. The summed E-state index contributed by atoms with van der Waals surface area (Å²) in [6, 6.07) is 0.279. The van der Waals surface area contributed by atoms with E-state index < -0.39 is 18.3 Å². The second-order valence-electron chi connectivity index (χ2n) is 4.61. The highest BCUT2D eigenvalue weighted by Crippen LogP contribution is 2.36. The molecule has 0 saturated heterocycles. The van der Waals surface area contributed by atoms with E-state index in [1.165, 1.54) is 6.20 Å². The molecular weight excluding hydrogens is 327 g/mol. The van der Waals surface area contributed by atoms with E-state index in [-0.39, 0.29) is 10.5 Å². The van der Waals surface area contributed by atoms with Crippen molar-refractivity contribution < 1.29 is 13.2 Å². The van der Waals surface area contributed by atoms with Gasteiger partial charge in [-0.2, -0.15) is 18.3 Å². The molecule has 2 unspecified atom stereocenters. The summed E-state index contributed by atoms with van der Waals surface area (Å²) in [6.07, 6.45) is -1.17. The van der Waals surface area contributed by atoms with Gasteiger partial charge in [0.1, 0.15) is 11.0 Å². The number of halogens is 4. The Hall–Kier alpha value is -1.05. The molecule has 106 valence electrons. The molecule has 0 spiro atoms. The van der Waals surface area contributed by atoms with Crippen molar-refractivity contribution in [3.05, 3.63) is 21.0 Å². The first kappa shape index (κ1) is 14.4. The maximum absolute atomic E-state index is 12.2. The van der Waals surface area contributed by atoms with Crippen LogP contribution in [0.25, 0.3) is 0 Å². The van der Waals surface area contributed by atoms with E-state index in [2.05, 4.69) is 33.3 Å². The number of hydrogen-bond acceptors (Lipinski definition) is 3. The van der Waals surface area contributed by atoms with Gasteiger partial charge in [0, 0.05) is 6.04 Å². The van der Waals surface area contributed by atoms with Crippen molar-refractivity contribution in [3.8, 4) is 0 Å². The van der Waals surface area contributed by atoms with Gasteiger partial charge in [-0.25, -0.2) is 4.68 Å². The van der Waals surface area contributed by atoms with Gasteiger partial charge in [0.15, 0.2) is 0 Å². The van der Waals surface area contributed by atoms with Crippen LogP contribution in [0.3, 0.4) is 0 Å². The lowest BCUT2D eigenvalue weighted by Gasteiger charge is -2.11. The molecule has 1 aromatic heterocycles. The van der Waals surface area contributed by atoms with Gasteiger partial charge in [0.05, 0.1) is 11.9 Å². The Morgan fingerprint density at radius 1 is 1.58 bits per heavy atom. The molecule has 1 aliphatic rings. The van der Waals surface area contributed by atoms with Crippen molar-refractivity contribution in [1.29, 1.82) is 0 Å². The maximum atomic E-state index is 12.2. The molecule has 1 aromatic rings. The number of anilines is 1. The average Bonchev–Trinajstić information content (AvgIpc) is 3.06. The van der Waals surface area contributed by atoms with Gasteiger partial charge in [0.2, 0.25) is 0 Å². The van der Waals surface area contributed by atoms with Gasteiger partial charge < -0.3 is 5.32 Å². The molecule has 19 heavy (non-hydrogen) atoms. The van der Waals surface area contributed by atoms with Crippen molar-refractivity contribution in [2.24, 2.45) is 5.92 Å². The third kappa shape index (κ3) is 3.49. The summed E-state index contributed by atoms with van der Waals surface area (Å²) < 4.78 is 37.2. The normalized spacial score (nSPS) is 22.4. The Balaban J connectivity index is 2.16. The Morgan fingerprint density at radius 2 is 2.26 bits per heavy atom. The first-order chi connectivity index (χ1) is 8.81. The van der Waals surface area contributed by atoms with E-state index in [4.69, 9.17) is 0 Å². The van der Waals surface area contributed by atoms with Crippen molar-refractivity contribution >= 4 is 21.6 Å². The Morgan fingerprint density at radius 3 is 2.79 bits per heavy atom. The summed E-state index contributed by atoms with van der Waals surface area (Å²) in [5, 5.41) is 6.66. The van der Waals surface area contributed by atoms with Crippen molar-refractivity contribution in [2.75, 3.05) is 5.32 Å².